The number of carbonyl (C=O) groups excluding carboxylic acids is 1. The summed E-state index contributed by atoms with van der Waals surface area (Å²) in [5, 5.41) is 4.03. The molecule has 1 heterocycles. The van der Waals surface area contributed by atoms with Gasteiger partial charge < -0.3 is 4.74 Å². The molecule has 28 heavy (non-hydrogen) atoms. The second-order valence-corrected chi connectivity index (χ2v) is 7.15. The summed E-state index contributed by atoms with van der Waals surface area (Å²) < 4.78 is 5.89. The van der Waals surface area contributed by atoms with E-state index in [0.29, 0.717) is 12.2 Å². The van der Waals surface area contributed by atoms with E-state index in [2.05, 4.69) is 46.7 Å². The Bertz CT molecular complexity index is 928. The van der Waals surface area contributed by atoms with Crippen LogP contribution in [0.1, 0.15) is 21.5 Å². The van der Waals surface area contributed by atoms with Crippen LogP contribution in [0.25, 0.3) is 0 Å². The van der Waals surface area contributed by atoms with Gasteiger partial charge in [0.1, 0.15) is 5.75 Å². The third kappa shape index (κ3) is 5.96. The Morgan fingerprint density at radius 2 is 1.86 bits per heavy atom. The molecule has 0 atom stereocenters. The molecule has 0 saturated carbocycles. The molecule has 0 aliphatic rings. The standard InChI is InChI=1S/C22H21N3O2S/c1-17-6-8-20(9-7-17)28-15-14-27-21-5-3-2-4-19(21)16-24-25-22(26)18-10-12-23-13-11-18/h2-13,16H,14-15H2,1H3,(H,25,26)/b24-16-. The number of hydrogen-bond donors (Lipinski definition) is 1. The number of hydrogen-bond acceptors (Lipinski definition) is 5. The first kappa shape index (κ1) is 19.6. The number of aromatic nitrogens is 1. The molecule has 0 bridgehead atoms. The fourth-order valence-corrected chi connectivity index (χ4v) is 3.12. The Labute approximate surface area is 168 Å². The number of carbonyl (C=O) groups is 1. The van der Waals surface area contributed by atoms with Gasteiger partial charge >= 0.3 is 0 Å². The molecule has 2 aromatic carbocycles. The minimum atomic E-state index is -0.286. The lowest BCUT2D eigenvalue weighted by molar-refractivity contribution is 0.0955. The number of thioether (sulfide) groups is 1. The monoisotopic (exact) mass is 391 g/mol. The third-order valence-corrected chi connectivity index (χ3v) is 4.84. The SMILES string of the molecule is Cc1ccc(SCCOc2ccccc2/C=N\NC(=O)c2ccncc2)cc1. The van der Waals surface area contributed by atoms with Crippen LogP contribution in [0.2, 0.25) is 0 Å². The predicted molar refractivity (Wildman–Crippen MR) is 113 cm³/mol. The molecule has 3 rings (SSSR count). The number of aryl methyl sites for hydroxylation is 1. The largest absolute Gasteiger partial charge is 0.492 e. The molecule has 1 N–H and O–H groups in total. The maximum atomic E-state index is 12.0. The molecule has 0 aliphatic carbocycles. The zero-order valence-electron chi connectivity index (χ0n) is 15.5. The average molecular weight is 391 g/mol. The number of nitrogens with one attached hydrogen (secondary N) is 1. The molecule has 1 aromatic heterocycles. The van der Waals surface area contributed by atoms with Crippen LogP contribution in [0.3, 0.4) is 0 Å². The second kappa shape index (κ2) is 10.3. The quantitative estimate of drug-likeness (QED) is 0.269. The highest BCUT2D eigenvalue weighted by Crippen LogP contribution is 2.20. The van der Waals surface area contributed by atoms with E-state index < -0.39 is 0 Å². The van der Waals surface area contributed by atoms with E-state index in [-0.39, 0.29) is 5.91 Å². The van der Waals surface area contributed by atoms with Crippen LogP contribution in [-0.4, -0.2) is 29.5 Å². The van der Waals surface area contributed by atoms with E-state index in [1.807, 2.05) is 24.3 Å². The van der Waals surface area contributed by atoms with Gasteiger partial charge in [0.2, 0.25) is 0 Å². The Morgan fingerprint density at radius 3 is 2.64 bits per heavy atom. The second-order valence-electron chi connectivity index (χ2n) is 5.98. The van der Waals surface area contributed by atoms with Crippen molar-refractivity contribution in [1.29, 1.82) is 0 Å². The van der Waals surface area contributed by atoms with Crippen molar-refractivity contribution in [3.05, 3.63) is 89.7 Å². The first-order chi connectivity index (χ1) is 13.7. The molecule has 0 unspecified atom stereocenters. The summed E-state index contributed by atoms with van der Waals surface area (Å²) in [6, 6.07) is 19.3. The topological polar surface area (TPSA) is 63.6 Å². The number of nitrogens with zero attached hydrogens (tertiary/aromatic N) is 2. The average Bonchev–Trinajstić information content (AvgIpc) is 2.74. The van der Waals surface area contributed by atoms with Crippen molar-refractivity contribution >= 4 is 23.9 Å². The van der Waals surface area contributed by atoms with Crippen molar-refractivity contribution < 1.29 is 9.53 Å². The van der Waals surface area contributed by atoms with Crippen LogP contribution in [0, 0.1) is 6.92 Å². The molecule has 142 valence electrons. The molecule has 0 saturated heterocycles. The molecule has 0 fully saturated rings. The first-order valence-corrected chi connectivity index (χ1v) is 9.85. The molecule has 0 aliphatic heterocycles. The fraction of sp³-hybridized carbons (Fsp3) is 0.136. The highest BCUT2D eigenvalue weighted by atomic mass is 32.2. The zero-order valence-corrected chi connectivity index (χ0v) is 16.4. The van der Waals surface area contributed by atoms with E-state index in [9.17, 15) is 4.79 Å². The molecule has 0 radical (unpaired) electrons. The van der Waals surface area contributed by atoms with Crippen molar-refractivity contribution in [1.82, 2.24) is 10.4 Å². The molecule has 5 nitrogen and oxygen atoms in total. The number of hydrazone groups is 1. The minimum Gasteiger partial charge on any atom is -0.492 e. The Kier molecular flexibility index (Phi) is 7.21. The Hall–Kier alpha value is -3.12. The van der Waals surface area contributed by atoms with E-state index in [1.54, 1.807) is 42.5 Å². The maximum absolute atomic E-state index is 12.0. The number of rotatable bonds is 8. The van der Waals surface area contributed by atoms with Crippen LogP contribution in [-0.2, 0) is 0 Å². The fourth-order valence-electron chi connectivity index (χ4n) is 2.39. The number of para-hydroxylation sites is 1. The number of ether oxygens (including phenoxy) is 1. The molecule has 0 spiro atoms. The zero-order chi connectivity index (χ0) is 19.6. The van der Waals surface area contributed by atoms with Gasteiger partial charge in [0.25, 0.3) is 5.91 Å². The highest BCUT2D eigenvalue weighted by Gasteiger charge is 2.04. The van der Waals surface area contributed by atoms with Crippen LogP contribution >= 0.6 is 11.8 Å². The van der Waals surface area contributed by atoms with Gasteiger partial charge in [0.05, 0.1) is 12.8 Å². The summed E-state index contributed by atoms with van der Waals surface area (Å²) in [5.41, 5.74) is 5.07. The van der Waals surface area contributed by atoms with E-state index in [0.717, 1.165) is 17.1 Å². The lowest BCUT2D eigenvalue weighted by Gasteiger charge is -2.09. The van der Waals surface area contributed by atoms with E-state index in [1.165, 1.54) is 10.5 Å². The Morgan fingerprint density at radius 1 is 1.11 bits per heavy atom. The summed E-state index contributed by atoms with van der Waals surface area (Å²) >= 11 is 1.75. The summed E-state index contributed by atoms with van der Waals surface area (Å²) in [5.74, 6) is 1.29. The predicted octanol–water partition coefficient (Wildman–Crippen LogP) is 4.33. The number of amides is 1. The van der Waals surface area contributed by atoms with Gasteiger partial charge in [0.15, 0.2) is 0 Å². The van der Waals surface area contributed by atoms with Gasteiger partial charge in [-0.3, -0.25) is 9.78 Å². The van der Waals surface area contributed by atoms with Gasteiger partial charge in [0, 0.05) is 34.2 Å². The Balaban J connectivity index is 1.51. The van der Waals surface area contributed by atoms with Gasteiger partial charge in [-0.15, -0.1) is 11.8 Å². The van der Waals surface area contributed by atoms with Gasteiger partial charge in [-0.2, -0.15) is 5.10 Å². The maximum Gasteiger partial charge on any atom is 0.271 e. The summed E-state index contributed by atoms with van der Waals surface area (Å²) in [6.07, 6.45) is 4.72. The lowest BCUT2D eigenvalue weighted by Crippen LogP contribution is -2.17. The minimum absolute atomic E-state index is 0.286. The van der Waals surface area contributed by atoms with Crippen LogP contribution < -0.4 is 10.2 Å². The molecular formula is C22H21N3O2S. The van der Waals surface area contributed by atoms with Crippen LogP contribution in [0.15, 0.2) is 83.1 Å². The third-order valence-electron chi connectivity index (χ3n) is 3.86. The van der Waals surface area contributed by atoms with Crippen molar-refractivity contribution in [2.45, 2.75) is 11.8 Å². The molecule has 1 amide bonds. The van der Waals surface area contributed by atoms with Crippen molar-refractivity contribution in [2.75, 3.05) is 12.4 Å². The molecule has 6 heteroatoms. The van der Waals surface area contributed by atoms with Gasteiger partial charge in [-0.05, 0) is 43.3 Å². The smallest absolute Gasteiger partial charge is 0.271 e. The van der Waals surface area contributed by atoms with Gasteiger partial charge in [-0.25, -0.2) is 5.43 Å². The lowest BCUT2D eigenvalue weighted by atomic mass is 10.2. The summed E-state index contributed by atoms with van der Waals surface area (Å²) in [7, 11) is 0. The number of pyridine rings is 1. The summed E-state index contributed by atoms with van der Waals surface area (Å²) in [6.45, 7) is 2.66. The van der Waals surface area contributed by atoms with E-state index >= 15 is 0 Å². The molecule has 3 aromatic rings. The van der Waals surface area contributed by atoms with Crippen molar-refractivity contribution in [3.8, 4) is 5.75 Å². The summed E-state index contributed by atoms with van der Waals surface area (Å²) in [4.78, 5) is 17.1. The first-order valence-electron chi connectivity index (χ1n) is 8.87. The van der Waals surface area contributed by atoms with E-state index in [4.69, 9.17) is 4.74 Å². The van der Waals surface area contributed by atoms with Crippen molar-refractivity contribution in [2.24, 2.45) is 5.10 Å². The normalized spacial score (nSPS) is 10.8. The van der Waals surface area contributed by atoms with Gasteiger partial charge in [-0.1, -0.05) is 29.8 Å². The number of benzene rings is 2. The molecular weight excluding hydrogens is 370 g/mol. The van der Waals surface area contributed by atoms with Crippen LogP contribution in [0.5, 0.6) is 5.75 Å². The van der Waals surface area contributed by atoms with Crippen LogP contribution in [0.4, 0.5) is 0 Å². The highest BCUT2D eigenvalue weighted by molar-refractivity contribution is 7.99. The van der Waals surface area contributed by atoms with Crippen molar-refractivity contribution in [3.63, 3.8) is 0 Å².